The summed E-state index contributed by atoms with van der Waals surface area (Å²) in [6.07, 6.45) is 0.274. The Morgan fingerprint density at radius 2 is 1.74 bits per heavy atom. The molecule has 9 nitrogen and oxygen atoms in total. The highest BCUT2D eigenvalue weighted by atomic mass is 32.2. The minimum absolute atomic E-state index is 0.212. The molecule has 0 radical (unpaired) electrons. The van der Waals surface area contributed by atoms with E-state index in [1.54, 1.807) is 12.3 Å². The van der Waals surface area contributed by atoms with Crippen molar-refractivity contribution in [1.29, 1.82) is 0 Å². The number of rotatable bonds is 11. The minimum Gasteiger partial charge on any atom is -0.483 e. The van der Waals surface area contributed by atoms with E-state index < -0.39 is 34.7 Å². The van der Waals surface area contributed by atoms with Crippen LogP contribution in [0.3, 0.4) is 0 Å². The van der Waals surface area contributed by atoms with Gasteiger partial charge in [0.2, 0.25) is 5.91 Å². The summed E-state index contributed by atoms with van der Waals surface area (Å²) in [7, 11) is 0. The van der Waals surface area contributed by atoms with E-state index in [4.69, 9.17) is 4.74 Å². The van der Waals surface area contributed by atoms with Gasteiger partial charge in [0.1, 0.15) is 11.8 Å². The molecule has 1 aliphatic rings. The van der Waals surface area contributed by atoms with Gasteiger partial charge < -0.3 is 25.4 Å². The predicted octanol–water partition coefficient (Wildman–Crippen LogP) is 3.16. The lowest BCUT2D eigenvalue weighted by atomic mass is 9.97. The Balaban J connectivity index is 1.49. The van der Waals surface area contributed by atoms with Gasteiger partial charge in [0, 0.05) is 10.9 Å². The lowest BCUT2D eigenvalue weighted by molar-refractivity contribution is -0.148. The fourth-order valence-electron chi connectivity index (χ4n) is 5.05. The monoisotopic (exact) mass is 590 g/mol. The molecule has 4 rings (SSSR count). The predicted molar refractivity (Wildman–Crippen MR) is 163 cm³/mol. The van der Waals surface area contributed by atoms with Crippen molar-refractivity contribution in [2.24, 2.45) is 0 Å². The molecule has 3 aromatic rings. The Hall–Kier alpha value is -3.89. The van der Waals surface area contributed by atoms with Crippen LogP contribution in [-0.4, -0.2) is 68.1 Å². The number of para-hydroxylation sites is 1. The maximum absolute atomic E-state index is 13.8. The van der Waals surface area contributed by atoms with Crippen LogP contribution in [0.25, 0.3) is 0 Å². The number of hydrogen-bond acceptors (Lipinski definition) is 7. The van der Waals surface area contributed by atoms with Crippen molar-refractivity contribution < 1.29 is 24.2 Å². The van der Waals surface area contributed by atoms with Crippen molar-refractivity contribution in [3.63, 3.8) is 0 Å². The number of nitrogens with one attached hydrogen (secondary N) is 2. The van der Waals surface area contributed by atoms with E-state index in [1.807, 2.05) is 88.4 Å². The molecule has 0 unspecified atom stereocenters. The molecule has 3 amide bonds. The Bertz CT molecular complexity index is 1370. The van der Waals surface area contributed by atoms with Crippen LogP contribution in [0.15, 0.2) is 72.9 Å². The highest BCUT2D eigenvalue weighted by molar-refractivity contribution is 8.00. The molecule has 2 aromatic carbocycles. The fourth-order valence-corrected chi connectivity index (χ4v) is 6.19. The molecule has 1 aromatic heterocycles. The van der Waals surface area contributed by atoms with Gasteiger partial charge in [-0.25, -0.2) is 0 Å². The summed E-state index contributed by atoms with van der Waals surface area (Å²) in [5, 5.41) is 17.1. The minimum atomic E-state index is -1.59. The van der Waals surface area contributed by atoms with Crippen LogP contribution in [0.1, 0.15) is 36.2 Å². The molecule has 1 saturated heterocycles. The first kappa shape index (κ1) is 31.1. The summed E-state index contributed by atoms with van der Waals surface area (Å²) in [4.78, 5) is 45.8. The van der Waals surface area contributed by atoms with Gasteiger partial charge in [-0.3, -0.25) is 19.4 Å². The summed E-state index contributed by atoms with van der Waals surface area (Å²) < 4.78 is 5.21. The highest BCUT2D eigenvalue weighted by Gasteiger charge is 2.49. The highest BCUT2D eigenvalue weighted by Crippen LogP contribution is 2.40. The molecular weight excluding hydrogens is 552 g/mol. The van der Waals surface area contributed by atoms with Crippen molar-refractivity contribution in [3.05, 3.63) is 95.3 Å². The van der Waals surface area contributed by atoms with Crippen LogP contribution >= 0.6 is 11.8 Å². The number of carbonyl (C=O) groups is 3. The molecule has 10 heteroatoms. The SMILES string of the molecule is Cc1cccc(C)c1OCC(=O)N[C@@H](Cc1ccccc1)[C@H](O)C(=O)N1CSC(C)(C)[C@H]1C(=O)NCc1ccccn1. The number of aryl methyl sites for hydroxylation is 2. The number of amides is 3. The van der Waals surface area contributed by atoms with Gasteiger partial charge in [0.05, 0.1) is 24.2 Å². The fraction of sp³-hybridized carbons (Fsp3) is 0.375. The summed E-state index contributed by atoms with van der Waals surface area (Å²) in [6, 6.07) is 18.7. The number of benzene rings is 2. The van der Waals surface area contributed by atoms with Gasteiger partial charge in [-0.2, -0.15) is 0 Å². The quantitative estimate of drug-likeness (QED) is 0.314. The van der Waals surface area contributed by atoms with E-state index in [9.17, 15) is 19.5 Å². The Kier molecular flexibility index (Phi) is 10.2. The topological polar surface area (TPSA) is 121 Å². The number of aliphatic hydroxyl groups is 1. The third kappa shape index (κ3) is 7.68. The van der Waals surface area contributed by atoms with Crippen LogP contribution in [0, 0.1) is 13.8 Å². The third-order valence-electron chi connectivity index (χ3n) is 7.28. The standard InChI is InChI=1S/C32H38N4O5S/c1-21-11-10-12-22(2)28(21)41-19-26(37)35-25(17-23-13-6-5-7-14-23)27(38)31(40)36-20-42-32(3,4)29(36)30(39)34-18-24-15-8-9-16-33-24/h5-16,25,27,29,38H,17-20H2,1-4H3,(H,34,39)(H,35,37)/t25-,27-,29+/m0/s1. The van der Waals surface area contributed by atoms with E-state index >= 15 is 0 Å². The van der Waals surface area contributed by atoms with Gasteiger partial charge in [0.15, 0.2) is 12.7 Å². The van der Waals surface area contributed by atoms with Gasteiger partial charge in [0.25, 0.3) is 11.8 Å². The summed E-state index contributed by atoms with van der Waals surface area (Å²) >= 11 is 1.46. The molecule has 2 heterocycles. The van der Waals surface area contributed by atoms with Crippen molar-refractivity contribution in [2.45, 2.75) is 63.6 Å². The summed E-state index contributed by atoms with van der Waals surface area (Å²) in [5.41, 5.74) is 3.34. The Labute approximate surface area is 251 Å². The van der Waals surface area contributed by atoms with Crippen molar-refractivity contribution in [3.8, 4) is 5.75 Å². The smallest absolute Gasteiger partial charge is 0.258 e. The van der Waals surface area contributed by atoms with Crippen molar-refractivity contribution in [1.82, 2.24) is 20.5 Å². The zero-order valence-electron chi connectivity index (χ0n) is 24.4. The van der Waals surface area contributed by atoms with Gasteiger partial charge in [-0.05, 0) is 62.9 Å². The lowest BCUT2D eigenvalue weighted by Gasteiger charge is -2.33. The summed E-state index contributed by atoms with van der Waals surface area (Å²) in [6.45, 7) is 7.54. The zero-order valence-corrected chi connectivity index (χ0v) is 25.2. The Morgan fingerprint density at radius 3 is 2.40 bits per heavy atom. The molecule has 0 bridgehead atoms. The maximum atomic E-state index is 13.8. The molecule has 3 N–H and O–H groups in total. The number of aromatic nitrogens is 1. The summed E-state index contributed by atoms with van der Waals surface area (Å²) in [5.74, 6) is -0.567. The van der Waals surface area contributed by atoms with E-state index in [-0.39, 0.29) is 31.4 Å². The number of nitrogens with zero attached hydrogens (tertiary/aromatic N) is 2. The van der Waals surface area contributed by atoms with Crippen molar-refractivity contribution in [2.75, 3.05) is 12.5 Å². The van der Waals surface area contributed by atoms with Gasteiger partial charge in [-0.15, -0.1) is 11.8 Å². The number of aliphatic hydroxyl groups excluding tert-OH is 1. The first-order chi connectivity index (χ1) is 20.1. The number of carbonyl (C=O) groups excluding carboxylic acids is 3. The second-order valence-corrected chi connectivity index (χ2v) is 12.5. The van der Waals surface area contributed by atoms with Crippen LogP contribution in [-0.2, 0) is 27.3 Å². The van der Waals surface area contributed by atoms with Crippen LogP contribution < -0.4 is 15.4 Å². The number of thioether (sulfide) groups is 1. The second-order valence-electron chi connectivity index (χ2n) is 10.9. The zero-order chi connectivity index (χ0) is 30.3. The molecule has 3 atom stereocenters. The van der Waals surface area contributed by atoms with Gasteiger partial charge in [-0.1, -0.05) is 54.6 Å². The van der Waals surface area contributed by atoms with Crippen LogP contribution in [0.4, 0.5) is 0 Å². The maximum Gasteiger partial charge on any atom is 0.258 e. The van der Waals surface area contributed by atoms with E-state index in [0.717, 1.165) is 16.7 Å². The second kappa shape index (κ2) is 13.8. The lowest BCUT2D eigenvalue weighted by Crippen LogP contribution is -2.59. The van der Waals surface area contributed by atoms with Crippen LogP contribution in [0.5, 0.6) is 5.75 Å². The normalized spacial score (nSPS) is 17.3. The average Bonchev–Trinajstić information content (AvgIpc) is 3.30. The molecule has 0 aliphatic carbocycles. The van der Waals surface area contributed by atoms with Crippen molar-refractivity contribution >= 4 is 29.5 Å². The van der Waals surface area contributed by atoms with E-state index in [0.29, 0.717) is 11.4 Å². The molecule has 0 spiro atoms. The molecule has 1 fully saturated rings. The molecular formula is C32H38N4O5S. The number of hydrogen-bond donors (Lipinski definition) is 3. The first-order valence-corrected chi connectivity index (χ1v) is 14.9. The number of ether oxygens (including phenoxy) is 1. The average molecular weight is 591 g/mol. The van der Waals surface area contributed by atoms with Crippen LogP contribution in [0.2, 0.25) is 0 Å². The largest absolute Gasteiger partial charge is 0.483 e. The number of pyridine rings is 1. The first-order valence-electron chi connectivity index (χ1n) is 13.9. The Morgan fingerprint density at radius 1 is 1.05 bits per heavy atom. The van der Waals surface area contributed by atoms with Gasteiger partial charge >= 0.3 is 0 Å². The van der Waals surface area contributed by atoms with E-state index in [2.05, 4.69) is 15.6 Å². The van der Waals surface area contributed by atoms with E-state index in [1.165, 1.54) is 16.7 Å². The molecule has 1 aliphatic heterocycles. The third-order valence-corrected chi connectivity index (χ3v) is 8.66. The molecule has 42 heavy (non-hydrogen) atoms. The molecule has 222 valence electrons. The molecule has 0 saturated carbocycles.